The van der Waals surface area contributed by atoms with E-state index in [1.807, 2.05) is 27.7 Å². The lowest BCUT2D eigenvalue weighted by Crippen LogP contribution is -2.16. The fourth-order valence-electron chi connectivity index (χ4n) is 3.12. The third-order valence-corrected chi connectivity index (χ3v) is 5.75. The molecule has 4 rings (SSSR count). The molecule has 0 spiro atoms. The zero-order valence-electron chi connectivity index (χ0n) is 17.2. The van der Waals surface area contributed by atoms with Gasteiger partial charge in [0.2, 0.25) is 5.82 Å². The van der Waals surface area contributed by atoms with E-state index in [2.05, 4.69) is 20.5 Å². The van der Waals surface area contributed by atoms with E-state index in [0.29, 0.717) is 28.4 Å². The number of aromatic nitrogens is 5. The minimum absolute atomic E-state index is 0.0284. The molecule has 156 valence electrons. The maximum Gasteiger partial charge on any atom is 0.340 e. The summed E-state index contributed by atoms with van der Waals surface area (Å²) in [7, 11) is -4.08. The standard InChI is InChI=1S/C20H21N5O4S/c1-12-6-8-14(9-7-12)30(26,27)29-19-17(20(3,4)5)16-11-21-22-18(25(16)23-19)15-10-13(2)28-24-15/h6-11H,1-5H3. The third-order valence-electron chi connectivity index (χ3n) is 4.53. The van der Waals surface area contributed by atoms with Gasteiger partial charge >= 0.3 is 10.1 Å². The molecule has 0 aliphatic carbocycles. The first-order chi connectivity index (χ1) is 14.1. The predicted octanol–water partition coefficient (Wildman–Crippen LogP) is 3.46. The molecule has 9 nitrogen and oxygen atoms in total. The normalized spacial score (nSPS) is 12.4. The maximum absolute atomic E-state index is 12.9. The molecule has 0 bridgehead atoms. The summed E-state index contributed by atoms with van der Waals surface area (Å²) in [6.45, 7) is 9.46. The highest BCUT2D eigenvalue weighted by atomic mass is 32.2. The van der Waals surface area contributed by atoms with Crippen LogP contribution in [0, 0.1) is 13.8 Å². The summed E-state index contributed by atoms with van der Waals surface area (Å²) in [4.78, 5) is 0.0496. The molecule has 4 aromatic rings. The fourth-order valence-corrected chi connectivity index (χ4v) is 4.01. The van der Waals surface area contributed by atoms with Crippen LogP contribution in [0.1, 0.15) is 37.7 Å². The highest BCUT2D eigenvalue weighted by molar-refractivity contribution is 7.87. The van der Waals surface area contributed by atoms with Crippen LogP contribution < -0.4 is 4.18 Å². The van der Waals surface area contributed by atoms with Gasteiger partial charge in [0, 0.05) is 11.6 Å². The van der Waals surface area contributed by atoms with Gasteiger partial charge in [-0.1, -0.05) is 43.6 Å². The van der Waals surface area contributed by atoms with Crippen molar-refractivity contribution < 1.29 is 17.1 Å². The van der Waals surface area contributed by atoms with E-state index in [0.717, 1.165) is 5.56 Å². The Kier molecular flexibility index (Phi) is 4.61. The van der Waals surface area contributed by atoms with Crippen molar-refractivity contribution >= 4 is 15.6 Å². The van der Waals surface area contributed by atoms with E-state index < -0.39 is 15.5 Å². The molecular formula is C20H21N5O4S. The highest BCUT2D eigenvalue weighted by Crippen LogP contribution is 2.36. The molecule has 0 atom stereocenters. The second-order valence-electron chi connectivity index (χ2n) is 8.07. The van der Waals surface area contributed by atoms with Crippen molar-refractivity contribution in [3.05, 3.63) is 53.4 Å². The Morgan fingerprint density at radius 2 is 1.80 bits per heavy atom. The van der Waals surface area contributed by atoms with Gasteiger partial charge in [-0.15, -0.1) is 10.2 Å². The van der Waals surface area contributed by atoms with Crippen molar-refractivity contribution in [2.45, 2.75) is 44.9 Å². The second kappa shape index (κ2) is 6.91. The van der Waals surface area contributed by atoms with Crippen molar-refractivity contribution in [2.24, 2.45) is 0 Å². The SMILES string of the molecule is Cc1ccc(S(=O)(=O)Oc2nn3c(-c4cc(C)on4)nncc3c2C(C)(C)C)cc1. The first-order valence-electron chi connectivity index (χ1n) is 9.26. The molecule has 0 fully saturated rings. The van der Waals surface area contributed by atoms with Crippen molar-refractivity contribution in [1.82, 2.24) is 25.0 Å². The Hall–Kier alpha value is -3.27. The summed E-state index contributed by atoms with van der Waals surface area (Å²) in [6.07, 6.45) is 1.52. The van der Waals surface area contributed by atoms with Gasteiger partial charge in [-0.2, -0.15) is 13.5 Å². The lowest BCUT2D eigenvalue weighted by atomic mass is 9.88. The maximum atomic E-state index is 12.9. The Labute approximate surface area is 173 Å². The summed E-state index contributed by atoms with van der Waals surface area (Å²) in [5, 5.41) is 16.6. The lowest BCUT2D eigenvalue weighted by Gasteiger charge is -2.18. The van der Waals surface area contributed by atoms with Gasteiger partial charge in [-0.25, -0.2) is 4.52 Å². The third kappa shape index (κ3) is 3.54. The van der Waals surface area contributed by atoms with Crippen LogP contribution in [0.15, 0.2) is 45.9 Å². The number of hydrogen-bond donors (Lipinski definition) is 0. The van der Waals surface area contributed by atoms with Gasteiger partial charge in [0.1, 0.15) is 10.7 Å². The number of rotatable bonds is 4. The van der Waals surface area contributed by atoms with E-state index in [-0.39, 0.29) is 10.8 Å². The van der Waals surface area contributed by atoms with Gasteiger partial charge in [0.25, 0.3) is 5.88 Å². The van der Waals surface area contributed by atoms with Crippen LogP contribution in [0.25, 0.3) is 17.0 Å². The number of nitrogens with zero attached hydrogens (tertiary/aromatic N) is 5. The molecule has 3 aromatic heterocycles. The zero-order chi connectivity index (χ0) is 21.7. The second-order valence-corrected chi connectivity index (χ2v) is 9.62. The van der Waals surface area contributed by atoms with Gasteiger partial charge < -0.3 is 8.71 Å². The molecule has 0 aliphatic rings. The Morgan fingerprint density at radius 1 is 1.10 bits per heavy atom. The largest absolute Gasteiger partial charge is 0.361 e. The van der Waals surface area contributed by atoms with Crippen LogP contribution in [0.3, 0.4) is 0 Å². The van der Waals surface area contributed by atoms with Crippen LogP contribution >= 0.6 is 0 Å². The summed E-state index contributed by atoms with van der Waals surface area (Å²) in [6, 6.07) is 8.13. The molecule has 0 saturated heterocycles. The van der Waals surface area contributed by atoms with Crippen molar-refractivity contribution in [3.63, 3.8) is 0 Å². The summed E-state index contributed by atoms with van der Waals surface area (Å²) >= 11 is 0. The Balaban J connectivity index is 1.90. The van der Waals surface area contributed by atoms with E-state index >= 15 is 0 Å². The number of fused-ring (bicyclic) bond motifs is 1. The number of hydrogen-bond acceptors (Lipinski definition) is 8. The Bertz CT molecular complexity index is 1330. The van der Waals surface area contributed by atoms with Gasteiger partial charge in [0.15, 0.2) is 5.69 Å². The molecule has 0 N–H and O–H groups in total. The zero-order valence-corrected chi connectivity index (χ0v) is 18.1. The van der Waals surface area contributed by atoms with Crippen molar-refractivity contribution in [3.8, 4) is 17.4 Å². The fraction of sp³-hybridized carbons (Fsp3) is 0.300. The lowest BCUT2D eigenvalue weighted by molar-refractivity contribution is 0.399. The minimum atomic E-state index is -4.08. The number of aryl methyl sites for hydroxylation is 2. The summed E-state index contributed by atoms with van der Waals surface area (Å²) in [5.41, 5.74) is 2.06. The molecule has 0 aliphatic heterocycles. The van der Waals surface area contributed by atoms with E-state index in [1.165, 1.54) is 22.8 Å². The molecule has 3 heterocycles. The quantitative estimate of drug-likeness (QED) is 0.455. The van der Waals surface area contributed by atoms with Crippen LogP contribution in [0.4, 0.5) is 0 Å². The molecule has 1 aromatic carbocycles. The van der Waals surface area contributed by atoms with Gasteiger partial charge in [-0.3, -0.25) is 0 Å². The first-order valence-corrected chi connectivity index (χ1v) is 10.7. The molecule has 10 heteroatoms. The average molecular weight is 427 g/mol. The topological polar surface area (TPSA) is 112 Å². The number of benzene rings is 1. The molecule has 0 radical (unpaired) electrons. The predicted molar refractivity (Wildman–Crippen MR) is 109 cm³/mol. The van der Waals surface area contributed by atoms with Gasteiger partial charge in [0.05, 0.1) is 11.7 Å². The first kappa shape index (κ1) is 20.0. The van der Waals surface area contributed by atoms with Crippen molar-refractivity contribution in [1.29, 1.82) is 0 Å². The smallest absolute Gasteiger partial charge is 0.340 e. The van der Waals surface area contributed by atoms with Crippen molar-refractivity contribution in [2.75, 3.05) is 0 Å². The van der Waals surface area contributed by atoms with E-state index in [1.54, 1.807) is 25.1 Å². The Morgan fingerprint density at radius 3 is 2.40 bits per heavy atom. The van der Waals surface area contributed by atoms with E-state index in [9.17, 15) is 8.42 Å². The molecular weight excluding hydrogens is 406 g/mol. The highest BCUT2D eigenvalue weighted by Gasteiger charge is 2.31. The monoisotopic (exact) mass is 427 g/mol. The summed E-state index contributed by atoms with van der Waals surface area (Å²) < 4.78 is 37.9. The minimum Gasteiger partial charge on any atom is -0.361 e. The van der Waals surface area contributed by atoms with Crippen LogP contribution in [-0.2, 0) is 15.5 Å². The van der Waals surface area contributed by atoms with Crippen LogP contribution in [0.2, 0.25) is 0 Å². The van der Waals surface area contributed by atoms with Gasteiger partial charge in [-0.05, 0) is 31.4 Å². The molecule has 0 saturated carbocycles. The molecule has 0 unspecified atom stereocenters. The average Bonchev–Trinajstić information content (AvgIpc) is 3.24. The van der Waals surface area contributed by atoms with Crippen LogP contribution in [-0.4, -0.2) is 33.4 Å². The molecule has 30 heavy (non-hydrogen) atoms. The van der Waals surface area contributed by atoms with E-state index in [4.69, 9.17) is 8.71 Å². The van der Waals surface area contributed by atoms with Crippen LogP contribution in [0.5, 0.6) is 5.88 Å². The molecule has 0 amide bonds. The summed E-state index contributed by atoms with van der Waals surface area (Å²) in [5.74, 6) is 0.891.